The monoisotopic (exact) mass is 322 g/mol. The van der Waals surface area contributed by atoms with E-state index in [0.29, 0.717) is 5.25 Å². The Labute approximate surface area is 132 Å². The van der Waals surface area contributed by atoms with Gasteiger partial charge < -0.3 is 5.32 Å². The highest BCUT2D eigenvalue weighted by Crippen LogP contribution is 2.35. The Morgan fingerprint density at radius 3 is 2.75 bits per heavy atom. The summed E-state index contributed by atoms with van der Waals surface area (Å²) in [7, 11) is 0. The van der Waals surface area contributed by atoms with Gasteiger partial charge in [0.2, 0.25) is 0 Å². The van der Waals surface area contributed by atoms with E-state index in [9.17, 15) is 0 Å². The standard InChI is InChI=1S/C15H15ClN2S2/c1-10(12-7-8-14(16)19-12)18-15-17-9-13(20-15)11-5-3-2-4-6-11/h2-8,10,13H,9H2,1H3,(H,17,18). The van der Waals surface area contributed by atoms with Gasteiger partial charge in [0.05, 0.1) is 22.2 Å². The van der Waals surface area contributed by atoms with Crippen LogP contribution >= 0.6 is 34.7 Å². The molecule has 20 heavy (non-hydrogen) atoms. The van der Waals surface area contributed by atoms with Crippen LogP contribution in [0.1, 0.15) is 28.7 Å². The first-order chi connectivity index (χ1) is 9.72. The zero-order valence-corrected chi connectivity index (χ0v) is 13.4. The Morgan fingerprint density at radius 2 is 2.05 bits per heavy atom. The lowest BCUT2D eigenvalue weighted by molar-refractivity contribution is 0.737. The second kappa shape index (κ2) is 6.20. The maximum absolute atomic E-state index is 5.98. The van der Waals surface area contributed by atoms with E-state index in [0.717, 1.165) is 16.0 Å². The number of rotatable bonds is 3. The van der Waals surface area contributed by atoms with Crippen LogP contribution in [-0.2, 0) is 0 Å². The highest BCUT2D eigenvalue weighted by atomic mass is 35.5. The highest BCUT2D eigenvalue weighted by molar-refractivity contribution is 8.14. The van der Waals surface area contributed by atoms with Gasteiger partial charge in [-0.05, 0) is 24.6 Å². The molecule has 2 atom stereocenters. The van der Waals surface area contributed by atoms with Crippen molar-refractivity contribution in [1.29, 1.82) is 0 Å². The molecule has 2 unspecified atom stereocenters. The number of hydrogen-bond acceptors (Lipinski definition) is 4. The highest BCUT2D eigenvalue weighted by Gasteiger charge is 2.22. The molecule has 1 N–H and O–H groups in total. The summed E-state index contributed by atoms with van der Waals surface area (Å²) in [6.45, 7) is 2.98. The Balaban J connectivity index is 1.60. The molecule has 0 spiro atoms. The average molecular weight is 323 g/mol. The summed E-state index contributed by atoms with van der Waals surface area (Å²) in [4.78, 5) is 5.84. The van der Waals surface area contributed by atoms with E-state index in [-0.39, 0.29) is 6.04 Å². The molecular weight excluding hydrogens is 308 g/mol. The number of halogens is 1. The molecule has 0 amide bonds. The number of aliphatic imine (C=N–C) groups is 1. The molecular formula is C15H15ClN2S2. The second-order valence-electron chi connectivity index (χ2n) is 4.67. The number of nitrogens with one attached hydrogen (secondary N) is 1. The van der Waals surface area contributed by atoms with Gasteiger partial charge >= 0.3 is 0 Å². The summed E-state index contributed by atoms with van der Waals surface area (Å²) < 4.78 is 0.830. The van der Waals surface area contributed by atoms with Crippen LogP contribution in [0, 0.1) is 0 Å². The normalized spacial score (nSPS) is 19.7. The molecule has 2 aromatic rings. The number of nitrogens with zero attached hydrogens (tertiary/aromatic N) is 1. The Morgan fingerprint density at radius 1 is 1.25 bits per heavy atom. The first-order valence-electron chi connectivity index (χ1n) is 6.50. The number of amidine groups is 1. The molecule has 0 radical (unpaired) electrons. The molecule has 104 valence electrons. The van der Waals surface area contributed by atoms with Crippen LogP contribution in [0.4, 0.5) is 0 Å². The van der Waals surface area contributed by atoms with Crippen LogP contribution in [0.25, 0.3) is 0 Å². The third kappa shape index (κ3) is 3.19. The van der Waals surface area contributed by atoms with E-state index >= 15 is 0 Å². The van der Waals surface area contributed by atoms with Crippen molar-refractivity contribution in [2.75, 3.05) is 6.54 Å². The maximum atomic E-state index is 5.98. The lowest BCUT2D eigenvalue weighted by Crippen LogP contribution is -2.22. The van der Waals surface area contributed by atoms with Crippen molar-refractivity contribution in [3.05, 3.63) is 57.2 Å². The van der Waals surface area contributed by atoms with Crippen molar-refractivity contribution in [1.82, 2.24) is 5.32 Å². The molecule has 0 aliphatic carbocycles. The molecule has 1 aromatic heterocycles. The van der Waals surface area contributed by atoms with Crippen LogP contribution in [0.3, 0.4) is 0 Å². The lowest BCUT2D eigenvalue weighted by Gasteiger charge is -2.14. The van der Waals surface area contributed by atoms with Gasteiger partial charge in [-0.15, -0.1) is 11.3 Å². The summed E-state index contributed by atoms with van der Waals surface area (Å²) in [6, 6.07) is 14.8. The first kappa shape index (κ1) is 14.0. The van der Waals surface area contributed by atoms with Crippen LogP contribution in [-0.4, -0.2) is 11.7 Å². The number of benzene rings is 1. The first-order valence-corrected chi connectivity index (χ1v) is 8.57. The lowest BCUT2D eigenvalue weighted by atomic mass is 10.1. The molecule has 2 heterocycles. The molecule has 5 heteroatoms. The summed E-state index contributed by atoms with van der Waals surface area (Å²) >= 11 is 9.40. The summed E-state index contributed by atoms with van der Waals surface area (Å²) in [5.74, 6) is 0. The molecule has 1 aromatic carbocycles. The molecule has 0 saturated heterocycles. The Bertz CT molecular complexity index is 609. The molecule has 1 aliphatic rings. The van der Waals surface area contributed by atoms with E-state index in [4.69, 9.17) is 11.6 Å². The smallest absolute Gasteiger partial charge is 0.157 e. The van der Waals surface area contributed by atoms with E-state index in [1.807, 2.05) is 12.1 Å². The van der Waals surface area contributed by atoms with Crippen molar-refractivity contribution >= 4 is 39.9 Å². The topological polar surface area (TPSA) is 24.4 Å². The van der Waals surface area contributed by atoms with Gasteiger partial charge in [-0.3, -0.25) is 4.99 Å². The largest absolute Gasteiger partial charge is 0.358 e. The summed E-state index contributed by atoms with van der Waals surface area (Å²) in [6.07, 6.45) is 0. The minimum atomic E-state index is 0.244. The van der Waals surface area contributed by atoms with Crippen LogP contribution < -0.4 is 5.32 Å². The molecule has 0 fully saturated rings. The van der Waals surface area contributed by atoms with Crippen molar-refractivity contribution in [3.8, 4) is 0 Å². The van der Waals surface area contributed by atoms with E-state index < -0.39 is 0 Å². The fourth-order valence-electron chi connectivity index (χ4n) is 2.11. The van der Waals surface area contributed by atoms with Crippen LogP contribution in [0.15, 0.2) is 47.5 Å². The third-order valence-electron chi connectivity index (χ3n) is 3.19. The molecule has 0 saturated carbocycles. The minimum Gasteiger partial charge on any atom is -0.358 e. The number of hydrogen-bond donors (Lipinski definition) is 1. The Kier molecular flexibility index (Phi) is 4.34. The molecule has 0 bridgehead atoms. The fourth-order valence-corrected chi connectivity index (χ4v) is 4.28. The maximum Gasteiger partial charge on any atom is 0.157 e. The molecule has 2 nitrogen and oxygen atoms in total. The van der Waals surface area contributed by atoms with Gasteiger partial charge in [-0.25, -0.2) is 0 Å². The number of thioether (sulfide) groups is 1. The quantitative estimate of drug-likeness (QED) is 0.869. The van der Waals surface area contributed by atoms with Gasteiger partial charge in [0, 0.05) is 4.88 Å². The average Bonchev–Trinajstić information content (AvgIpc) is 3.09. The third-order valence-corrected chi connectivity index (χ3v) is 5.78. The zero-order chi connectivity index (χ0) is 13.9. The predicted molar refractivity (Wildman–Crippen MR) is 90.0 cm³/mol. The summed E-state index contributed by atoms with van der Waals surface area (Å²) in [5.41, 5.74) is 1.34. The van der Waals surface area contributed by atoms with E-state index in [1.165, 1.54) is 10.4 Å². The molecule has 3 rings (SSSR count). The fraction of sp³-hybridized carbons (Fsp3) is 0.267. The second-order valence-corrected chi connectivity index (χ2v) is 7.61. The van der Waals surface area contributed by atoms with Crippen molar-refractivity contribution < 1.29 is 0 Å². The van der Waals surface area contributed by atoms with Crippen LogP contribution in [0.2, 0.25) is 4.34 Å². The Hall–Kier alpha value is -0.970. The van der Waals surface area contributed by atoms with Gasteiger partial charge in [0.25, 0.3) is 0 Å². The van der Waals surface area contributed by atoms with Crippen LogP contribution in [0.5, 0.6) is 0 Å². The number of thiophene rings is 1. The van der Waals surface area contributed by atoms with Gasteiger partial charge in [0.15, 0.2) is 5.17 Å². The van der Waals surface area contributed by atoms with E-state index in [1.54, 1.807) is 23.1 Å². The predicted octanol–water partition coefficient (Wildman–Crippen LogP) is 4.90. The van der Waals surface area contributed by atoms with Crippen molar-refractivity contribution in [3.63, 3.8) is 0 Å². The van der Waals surface area contributed by atoms with Gasteiger partial charge in [-0.1, -0.05) is 53.7 Å². The zero-order valence-electron chi connectivity index (χ0n) is 11.0. The van der Waals surface area contributed by atoms with E-state index in [2.05, 4.69) is 47.6 Å². The van der Waals surface area contributed by atoms with Crippen molar-refractivity contribution in [2.24, 2.45) is 4.99 Å². The molecule has 1 aliphatic heterocycles. The minimum absolute atomic E-state index is 0.244. The van der Waals surface area contributed by atoms with Crippen molar-refractivity contribution in [2.45, 2.75) is 18.2 Å². The van der Waals surface area contributed by atoms with Gasteiger partial charge in [-0.2, -0.15) is 0 Å². The summed E-state index contributed by atoms with van der Waals surface area (Å²) in [5, 5.41) is 4.93. The van der Waals surface area contributed by atoms with Gasteiger partial charge in [0.1, 0.15) is 0 Å². The SMILES string of the molecule is CC(NC1=NCC(c2ccccc2)S1)c1ccc(Cl)s1.